The second kappa shape index (κ2) is 11.7. The van der Waals surface area contributed by atoms with Gasteiger partial charge in [-0.1, -0.05) is 58.1 Å². The topological polar surface area (TPSA) is 26.3 Å². The average molecular weight is 465 g/mol. The summed E-state index contributed by atoms with van der Waals surface area (Å²) in [5.74, 6) is -6.17. The number of esters is 1. The quantitative estimate of drug-likeness (QED) is 0.162. The molecule has 0 N–H and O–H groups in total. The third kappa shape index (κ3) is 5.96. The van der Waals surface area contributed by atoms with E-state index in [2.05, 4.69) is 6.92 Å². The van der Waals surface area contributed by atoms with E-state index >= 15 is 0 Å². The van der Waals surface area contributed by atoms with Crippen molar-refractivity contribution in [3.05, 3.63) is 64.2 Å². The van der Waals surface area contributed by atoms with Crippen molar-refractivity contribution in [2.45, 2.75) is 84.0 Å². The van der Waals surface area contributed by atoms with Crippen LogP contribution in [0.1, 0.15) is 99.0 Å². The van der Waals surface area contributed by atoms with E-state index in [1.54, 1.807) is 0 Å². The summed E-state index contributed by atoms with van der Waals surface area (Å²) in [5, 5.41) is 0. The van der Waals surface area contributed by atoms with Crippen LogP contribution in [-0.2, 0) is 6.42 Å². The number of hydrogen-bond acceptors (Lipinski definition) is 2. The van der Waals surface area contributed by atoms with Gasteiger partial charge in [0.15, 0.2) is 23.2 Å². The fraction of sp³-hybridized carbons (Fsp3) is 0.519. The molecule has 0 unspecified atom stereocenters. The molecular formula is C27H32F4O2. The molecule has 0 heterocycles. The zero-order valence-electron chi connectivity index (χ0n) is 19.4. The molecule has 180 valence electrons. The van der Waals surface area contributed by atoms with Gasteiger partial charge in [-0.3, -0.25) is 0 Å². The van der Waals surface area contributed by atoms with E-state index in [1.807, 2.05) is 6.92 Å². The number of carbonyl (C=O) groups is 1. The minimum Gasteiger partial charge on any atom is -0.420 e. The molecule has 2 nitrogen and oxygen atoms in total. The lowest BCUT2D eigenvalue weighted by atomic mass is 9.76. The van der Waals surface area contributed by atoms with Gasteiger partial charge in [-0.05, 0) is 67.2 Å². The molecule has 0 amide bonds. The number of benzene rings is 2. The number of ether oxygens (including phenoxy) is 1. The van der Waals surface area contributed by atoms with Gasteiger partial charge in [-0.15, -0.1) is 0 Å². The second-order valence-corrected chi connectivity index (χ2v) is 9.03. The molecule has 1 saturated carbocycles. The van der Waals surface area contributed by atoms with E-state index in [-0.39, 0.29) is 17.0 Å². The highest BCUT2D eigenvalue weighted by Crippen LogP contribution is 2.39. The molecule has 33 heavy (non-hydrogen) atoms. The molecule has 0 spiro atoms. The Morgan fingerprint density at radius 2 is 1.58 bits per heavy atom. The van der Waals surface area contributed by atoms with Crippen molar-refractivity contribution in [3.63, 3.8) is 0 Å². The maximum absolute atomic E-state index is 14.9. The summed E-state index contributed by atoms with van der Waals surface area (Å²) < 4.78 is 62.9. The molecule has 6 heteroatoms. The van der Waals surface area contributed by atoms with Gasteiger partial charge in [-0.25, -0.2) is 18.0 Å². The van der Waals surface area contributed by atoms with Crippen LogP contribution in [0.5, 0.6) is 5.75 Å². The Kier molecular flexibility index (Phi) is 8.93. The monoisotopic (exact) mass is 464 g/mol. The third-order valence-electron chi connectivity index (χ3n) is 6.68. The van der Waals surface area contributed by atoms with Gasteiger partial charge in [-0.2, -0.15) is 4.39 Å². The maximum atomic E-state index is 14.9. The summed E-state index contributed by atoms with van der Waals surface area (Å²) in [7, 11) is 0. The van der Waals surface area contributed by atoms with Crippen molar-refractivity contribution in [1.29, 1.82) is 0 Å². The lowest BCUT2D eigenvalue weighted by molar-refractivity contribution is 0.0720. The molecule has 0 aliphatic heterocycles. The lowest BCUT2D eigenvalue weighted by Gasteiger charge is -2.29. The molecular weight excluding hydrogens is 432 g/mol. The van der Waals surface area contributed by atoms with Gasteiger partial charge >= 0.3 is 5.97 Å². The van der Waals surface area contributed by atoms with Crippen molar-refractivity contribution < 1.29 is 27.1 Å². The normalized spacial score (nSPS) is 18.4. The number of hydrogen-bond donors (Lipinski definition) is 0. The van der Waals surface area contributed by atoms with Crippen molar-refractivity contribution in [2.75, 3.05) is 0 Å². The van der Waals surface area contributed by atoms with E-state index in [0.29, 0.717) is 18.8 Å². The highest BCUT2D eigenvalue weighted by atomic mass is 19.2. The first-order chi connectivity index (χ1) is 15.9. The van der Waals surface area contributed by atoms with Crippen molar-refractivity contribution in [2.24, 2.45) is 5.92 Å². The van der Waals surface area contributed by atoms with Crippen LogP contribution in [-0.4, -0.2) is 5.97 Å². The fourth-order valence-electron chi connectivity index (χ4n) is 4.75. The molecule has 0 saturated heterocycles. The van der Waals surface area contributed by atoms with E-state index in [0.717, 1.165) is 31.7 Å². The number of unbranched alkanes of at least 4 members (excludes halogenated alkanes) is 2. The van der Waals surface area contributed by atoms with Crippen LogP contribution >= 0.6 is 0 Å². The molecule has 0 aromatic heterocycles. The Hall–Kier alpha value is -2.37. The molecule has 0 radical (unpaired) electrons. The molecule has 0 atom stereocenters. The molecule has 2 aromatic rings. The Balaban J connectivity index is 1.69. The standard InChI is InChI=1S/C27H32F4O2/c1-3-5-6-8-17-9-11-18(12-10-17)20-14-15-21(25(30)24(20)29)27(32)33-22-16-13-19(7-4-2)23(28)26(22)31/h13-18H,3-12H2,1-2H3. The van der Waals surface area contributed by atoms with Gasteiger partial charge in [0.05, 0.1) is 5.56 Å². The predicted octanol–water partition coefficient (Wildman–Crippen LogP) is 8.27. The fourth-order valence-corrected chi connectivity index (χ4v) is 4.75. The first-order valence-corrected chi connectivity index (χ1v) is 12.0. The van der Waals surface area contributed by atoms with Gasteiger partial charge in [0.2, 0.25) is 5.82 Å². The Labute approximate surface area is 193 Å². The van der Waals surface area contributed by atoms with E-state index in [4.69, 9.17) is 4.74 Å². The van der Waals surface area contributed by atoms with E-state index in [9.17, 15) is 22.4 Å². The van der Waals surface area contributed by atoms with Crippen LogP contribution in [0.25, 0.3) is 0 Å². The minimum atomic E-state index is -1.32. The summed E-state index contributed by atoms with van der Waals surface area (Å²) in [6.45, 7) is 4.00. The van der Waals surface area contributed by atoms with E-state index in [1.165, 1.54) is 43.9 Å². The summed E-state index contributed by atoms with van der Waals surface area (Å²) in [6.07, 6.45) is 9.27. The van der Waals surface area contributed by atoms with Gasteiger partial charge in [0.1, 0.15) is 0 Å². The second-order valence-electron chi connectivity index (χ2n) is 9.03. The molecule has 0 bridgehead atoms. The zero-order valence-corrected chi connectivity index (χ0v) is 19.4. The summed E-state index contributed by atoms with van der Waals surface area (Å²) in [5.41, 5.74) is -0.212. The minimum absolute atomic E-state index is 0.0929. The number of aryl methyl sites for hydroxylation is 1. The smallest absolute Gasteiger partial charge is 0.346 e. The van der Waals surface area contributed by atoms with Gasteiger partial charge in [0.25, 0.3) is 0 Å². The predicted molar refractivity (Wildman–Crippen MR) is 121 cm³/mol. The van der Waals surface area contributed by atoms with E-state index < -0.39 is 40.6 Å². The van der Waals surface area contributed by atoms with Crippen LogP contribution in [0, 0.1) is 29.2 Å². The van der Waals surface area contributed by atoms with Crippen molar-refractivity contribution in [3.8, 4) is 5.75 Å². The largest absolute Gasteiger partial charge is 0.420 e. The number of carbonyl (C=O) groups excluding carboxylic acids is 1. The Morgan fingerprint density at radius 1 is 0.848 bits per heavy atom. The van der Waals surface area contributed by atoms with Crippen LogP contribution in [0.4, 0.5) is 17.6 Å². The van der Waals surface area contributed by atoms with Crippen molar-refractivity contribution >= 4 is 5.97 Å². The summed E-state index contributed by atoms with van der Waals surface area (Å²) in [4.78, 5) is 12.4. The SMILES string of the molecule is CCCCCC1CCC(c2ccc(C(=O)Oc3ccc(CCC)c(F)c3F)c(F)c2F)CC1. The maximum Gasteiger partial charge on any atom is 0.346 e. The zero-order chi connectivity index (χ0) is 24.0. The third-order valence-corrected chi connectivity index (χ3v) is 6.68. The highest BCUT2D eigenvalue weighted by molar-refractivity contribution is 5.91. The number of rotatable bonds is 9. The van der Waals surface area contributed by atoms with Crippen LogP contribution in [0.3, 0.4) is 0 Å². The van der Waals surface area contributed by atoms with Gasteiger partial charge in [0, 0.05) is 0 Å². The van der Waals surface area contributed by atoms with Crippen LogP contribution < -0.4 is 4.74 Å². The highest BCUT2D eigenvalue weighted by Gasteiger charge is 2.28. The Bertz CT molecular complexity index is 965. The van der Waals surface area contributed by atoms with Crippen LogP contribution in [0.15, 0.2) is 24.3 Å². The summed E-state index contributed by atoms with van der Waals surface area (Å²) in [6, 6.07) is 5.04. The first-order valence-electron chi connectivity index (χ1n) is 12.0. The average Bonchev–Trinajstić information content (AvgIpc) is 2.81. The Morgan fingerprint density at radius 3 is 2.24 bits per heavy atom. The summed E-state index contributed by atoms with van der Waals surface area (Å²) >= 11 is 0. The molecule has 2 aromatic carbocycles. The van der Waals surface area contributed by atoms with Gasteiger partial charge < -0.3 is 4.74 Å². The van der Waals surface area contributed by atoms with Crippen molar-refractivity contribution in [1.82, 2.24) is 0 Å². The van der Waals surface area contributed by atoms with Crippen LogP contribution in [0.2, 0.25) is 0 Å². The molecule has 1 fully saturated rings. The molecule has 1 aliphatic carbocycles. The first kappa shape index (κ1) is 25.3. The number of halogens is 4. The molecule has 3 rings (SSSR count). The lowest BCUT2D eigenvalue weighted by Crippen LogP contribution is -2.17. The molecule has 1 aliphatic rings.